The molecule has 0 spiro atoms. The van der Waals surface area contributed by atoms with Crippen LogP contribution in [0.1, 0.15) is 15.9 Å². The molecule has 21 heavy (non-hydrogen) atoms. The van der Waals surface area contributed by atoms with Gasteiger partial charge < -0.3 is 10.3 Å². The molecule has 0 aliphatic heterocycles. The van der Waals surface area contributed by atoms with Crippen LogP contribution in [0, 0.1) is 17.1 Å². The predicted molar refractivity (Wildman–Crippen MR) is 75.9 cm³/mol. The molecule has 0 fully saturated rings. The highest BCUT2D eigenvalue weighted by molar-refractivity contribution is 6.06. The smallest absolute Gasteiger partial charge is 0.261 e. The van der Waals surface area contributed by atoms with Crippen LogP contribution in [0.3, 0.4) is 0 Å². The molecule has 2 rings (SSSR count). The zero-order valence-electron chi connectivity index (χ0n) is 11.2. The van der Waals surface area contributed by atoms with Crippen LogP contribution in [-0.4, -0.2) is 17.9 Å². The number of anilines is 2. The SMILES string of the molecule is CN(C(=O)c1ccnc(NN)c1F)c1ccccc1C#N. The molecule has 7 heteroatoms. The molecule has 0 aliphatic carbocycles. The number of nitrogens with two attached hydrogens (primary N) is 1. The molecule has 0 bridgehead atoms. The van der Waals surface area contributed by atoms with Crippen molar-refractivity contribution in [3.63, 3.8) is 0 Å². The summed E-state index contributed by atoms with van der Waals surface area (Å²) in [5.74, 6) is 3.47. The van der Waals surface area contributed by atoms with E-state index in [1.807, 2.05) is 6.07 Å². The molecule has 1 heterocycles. The molecule has 106 valence electrons. The van der Waals surface area contributed by atoms with Gasteiger partial charge in [0.2, 0.25) is 0 Å². The normalized spacial score (nSPS) is 9.81. The highest BCUT2D eigenvalue weighted by Crippen LogP contribution is 2.22. The van der Waals surface area contributed by atoms with Gasteiger partial charge in [-0.2, -0.15) is 5.26 Å². The fourth-order valence-corrected chi connectivity index (χ4v) is 1.86. The molecule has 1 aromatic heterocycles. The molecular formula is C14H12FN5O. The Balaban J connectivity index is 2.43. The molecule has 2 aromatic rings. The lowest BCUT2D eigenvalue weighted by Crippen LogP contribution is -2.28. The van der Waals surface area contributed by atoms with Gasteiger partial charge in [0.1, 0.15) is 6.07 Å². The Labute approximate surface area is 120 Å². The second-order valence-electron chi connectivity index (χ2n) is 4.16. The van der Waals surface area contributed by atoms with Crippen LogP contribution in [0.2, 0.25) is 0 Å². The van der Waals surface area contributed by atoms with Gasteiger partial charge in [0.25, 0.3) is 5.91 Å². The van der Waals surface area contributed by atoms with Gasteiger partial charge in [-0.25, -0.2) is 15.2 Å². The molecular weight excluding hydrogens is 273 g/mol. The minimum absolute atomic E-state index is 0.187. The molecule has 0 atom stereocenters. The Morgan fingerprint density at radius 1 is 1.43 bits per heavy atom. The summed E-state index contributed by atoms with van der Waals surface area (Å²) in [5, 5.41) is 9.06. The number of para-hydroxylation sites is 1. The first-order chi connectivity index (χ1) is 10.1. The van der Waals surface area contributed by atoms with Crippen LogP contribution in [0.4, 0.5) is 15.9 Å². The molecule has 1 aromatic carbocycles. The number of hydrogen-bond donors (Lipinski definition) is 2. The minimum atomic E-state index is -0.841. The third-order valence-corrected chi connectivity index (χ3v) is 2.95. The average molecular weight is 285 g/mol. The van der Waals surface area contributed by atoms with Crippen LogP contribution < -0.4 is 16.2 Å². The molecule has 0 unspecified atom stereocenters. The maximum Gasteiger partial charge on any atom is 0.261 e. The Morgan fingerprint density at radius 2 is 2.14 bits per heavy atom. The van der Waals surface area contributed by atoms with Gasteiger partial charge in [0.05, 0.1) is 16.8 Å². The number of rotatable bonds is 3. The van der Waals surface area contributed by atoms with E-state index in [1.165, 1.54) is 24.2 Å². The van der Waals surface area contributed by atoms with E-state index in [2.05, 4.69) is 10.4 Å². The van der Waals surface area contributed by atoms with Crippen molar-refractivity contribution in [1.82, 2.24) is 4.98 Å². The summed E-state index contributed by atoms with van der Waals surface area (Å²) in [5.41, 5.74) is 2.61. The van der Waals surface area contributed by atoms with Crippen molar-refractivity contribution < 1.29 is 9.18 Å². The predicted octanol–water partition coefficient (Wildman–Crippen LogP) is 1.65. The zero-order chi connectivity index (χ0) is 15.4. The van der Waals surface area contributed by atoms with Gasteiger partial charge in [0.15, 0.2) is 11.6 Å². The van der Waals surface area contributed by atoms with E-state index in [1.54, 1.807) is 24.3 Å². The maximum atomic E-state index is 14.1. The van der Waals surface area contributed by atoms with Gasteiger partial charge in [-0.3, -0.25) is 4.79 Å². The summed E-state index contributed by atoms with van der Waals surface area (Å²) in [4.78, 5) is 17.3. The van der Waals surface area contributed by atoms with E-state index in [4.69, 9.17) is 11.1 Å². The third-order valence-electron chi connectivity index (χ3n) is 2.95. The number of pyridine rings is 1. The second-order valence-corrected chi connectivity index (χ2v) is 4.16. The zero-order valence-corrected chi connectivity index (χ0v) is 11.2. The fraction of sp³-hybridized carbons (Fsp3) is 0.0714. The number of amides is 1. The number of nitriles is 1. The van der Waals surface area contributed by atoms with E-state index in [0.717, 1.165) is 0 Å². The number of nitrogens with one attached hydrogen (secondary N) is 1. The summed E-state index contributed by atoms with van der Waals surface area (Å²) >= 11 is 0. The Kier molecular flexibility index (Phi) is 4.11. The standard InChI is InChI=1S/C14H12FN5O/c1-20(11-5-3-2-4-9(11)8-16)14(21)10-6-7-18-13(19-17)12(10)15/h2-7H,17H2,1H3,(H,18,19). The van der Waals surface area contributed by atoms with Crippen LogP contribution in [-0.2, 0) is 0 Å². The van der Waals surface area contributed by atoms with Crippen LogP contribution in [0.25, 0.3) is 0 Å². The maximum absolute atomic E-state index is 14.1. The summed E-state index contributed by atoms with van der Waals surface area (Å²) in [6, 6.07) is 9.80. The topological polar surface area (TPSA) is 95.0 Å². The van der Waals surface area contributed by atoms with E-state index >= 15 is 0 Å². The number of benzene rings is 1. The van der Waals surface area contributed by atoms with Crippen molar-refractivity contribution in [2.24, 2.45) is 5.84 Å². The number of aromatic nitrogens is 1. The van der Waals surface area contributed by atoms with E-state index in [-0.39, 0.29) is 11.4 Å². The Hall–Kier alpha value is -2.98. The van der Waals surface area contributed by atoms with Gasteiger partial charge >= 0.3 is 0 Å². The fourth-order valence-electron chi connectivity index (χ4n) is 1.86. The largest absolute Gasteiger partial charge is 0.310 e. The number of hydrazine groups is 1. The van der Waals surface area contributed by atoms with Gasteiger partial charge in [-0.15, -0.1) is 0 Å². The quantitative estimate of drug-likeness (QED) is 0.660. The van der Waals surface area contributed by atoms with Gasteiger partial charge in [-0.1, -0.05) is 12.1 Å². The third kappa shape index (κ3) is 2.66. The molecule has 0 saturated carbocycles. The summed E-state index contributed by atoms with van der Waals surface area (Å²) < 4.78 is 14.1. The van der Waals surface area contributed by atoms with E-state index in [9.17, 15) is 9.18 Å². The number of carbonyl (C=O) groups excluding carboxylic acids is 1. The lowest BCUT2D eigenvalue weighted by Gasteiger charge is -2.19. The number of nitrogens with zero attached hydrogens (tertiary/aromatic N) is 3. The molecule has 0 saturated heterocycles. The van der Waals surface area contributed by atoms with Crippen LogP contribution in [0.5, 0.6) is 0 Å². The minimum Gasteiger partial charge on any atom is -0.310 e. The molecule has 6 nitrogen and oxygen atoms in total. The van der Waals surface area contributed by atoms with Crippen LogP contribution in [0.15, 0.2) is 36.5 Å². The molecule has 1 amide bonds. The van der Waals surface area contributed by atoms with Crippen LogP contribution >= 0.6 is 0 Å². The molecule has 3 N–H and O–H groups in total. The first-order valence-corrected chi connectivity index (χ1v) is 5.98. The summed E-state index contributed by atoms with van der Waals surface area (Å²) in [6.07, 6.45) is 1.27. The van der Waals surface area contributed by atoms with Crippen molar-refractivity contribution in [2.45, 2.75) is 0 Å². The van der Waals surface area contributed by atoms with Crippen molar-refractivity contribution in [3.05, 3.63) is 53.5 Å². The molecule has 0 aliphatic rings. The number of hydrogen-bond acceptors (Lipinski definition) is 5. The van der Waals surface area contributed by atoms with Crippen molar-refractivity contribution in [3.8, 4) is 6.07 Å². The summed E-state index contributed by atoms with van der Waals surface area (Å²) in [7, 11) is 1.47. The number of carbonyl (C=O) groups is 1. The van der Waals surface area contributed by atoms with Crippen molar-refractivity contribution in [1.29, 1.82) is 5.26 Å². The average Bonchev–Trinajstić information content (AvgIpc) is 2.53. The van der Waals surface area contributed by atoms with Crippen molar-refractivity contribution >= 4 is 17.4 Å². The lowest BCUT2D eigenvalue weighted by molar-refractivity contribution is 0.0989. The monoisotopic (exact) mass is 285 g/mol. The van der Waals surface area contributed by atoms with Gasteiger partial charge in [-0.05, 0) is 18.2 Å². The van der Waals surface area contributed by atoms with Gasteiger partial charge in [0, 0.05) is 13.2 Å². The lowest BCUT2D eigenvalue weighted by atomic mass is 10.1. The highest BCUT2D eigenvalue weighted by atomic mass is 19.1. The first-order valence-electron chi connectivity index (χ1n) is 5.98. The number of nitrogen functional groups attached to an aromatic ring is 1. The number of halogens is 1. The molecule has 0 radical (unpaired) electrons. The van der Waals surface area contributed by atoms with Crippen molar-refractivity contribution in [2.75, 3.05) is 17.4 Å². The van der Waals surface area contributed by atoms with E-state index in [0.29, 0.717) is 11.3 Å². The second kappa shape index (κ2) is 5.98. The Bertz CT molecular complexity index is 726. The summed E-state index contributed by atoms with van der Waals surface area (Å²) in [6.45, 7) is 0. The highest BCUT2D eigenvalue weighted by Gasteiger charge is 2.21. The Morgan fingerprint density at radius 3 is 2.81 bits per heavy atom. The van der Waals surface area contributed by atoms with E-state index < -0.39 is 11.7 Å². The first kappa shape index (κ1) is 14.4.